The molecule has 20 heavy (non-hydrogen) atoms. The molecule has 0 aliphatic rings. The van der Waals surface area contributed by atoms with Crippen LogP contribution in [0.15, 0.2) is 40.3 Å². The maximum Gasteiger partial charge on any atom is 0.243 e. The second kappa shape index (κ2) is 6.69. The van der Waals surface area contributed by atoms with E-state index < -0.39 is 10.0 Å². The minimum atomic E-state index is -3.54. The van der Waals surface area contributed by atoms with E-state index in [1.807, 2.05) is 7.05 Å². The van der Waals surface area contributed by atoms with Gasteiger partial charge in [-0.25, -0.2) is 13.1 Å². The standard InChI is InChI=1S/C12H18N4O3S/c1-13-4-2-5-16-9-12(8-14-16)20(17,18)15-7-11-3-6-19-10-11/h3,6,8-10,13,15H,2,4-5,7H2,1H3. The molecular weight excluding hydrogens is 280 g/mol. The average Bonchev–Trinajstić information content (AvgIpc) is 3.08. The lowest BCUT2D eigenvalue weighted by Crippen LogP contribution is -2.22. The van der Waals surface area contributed by atoms with Crippen LogP contribution >= 0.6 is 0 Å². The van der Waals surface area contributed by atoms with Gasteiger partial charge in [0.2, 0.25) is 10.0 Å². The molecule has 0 unspecified atom stereocenters. The first-order chi connectivity index (χ1) is 9.62. The van der Waals surface area contributed by atoms with Gasteiger partial charge in [0.25, 0.3) is 0 Å². The first kappa shape index (κ1) is 14.8. The number of aryl methyl sites for hydroxylation is 1. The highest BCUT2D eigenvalue weighted by Crippen LogP contribution is 2.09. The van der Waals surface area contributed by atoms with E-state index in [0.29, 0.717) is 6.54 Å². The Labute approximate surface area is 118 Å². The van der Waals surface area contributed by atoms with E-state index in [-0.39, 0.29) is 11.4 Å². The minimum Gasteiger partial charge on any atom is -0.472 e. The normalized spacial score (nSPS) is 11.8. The molecule has 0 bridgehead atoms. The quantitative estimate of drug-likeness (QED) is 0.695. The molecule has 2 N–H and O–H groups in total. The Morgan fingerprint density at radius 3 is 3.00 bits per heavy atom. The third kappa shape index (κ3) is 3.92. The van der Waals surface area contributed by atoms with Crippen molar-refractivity contribution >= 4 is 10.0 Å². The summed E-state index contributed by atoms with van der Waals surface area (Å²) in [6.45, 7) is 1.74. The van der Waals surface area contributed by atoms with Crippen LogP contribution in [0.2, 0.25) is 0 Å². The summed E-state index contributed by atoms with van der Waals surface area (Å²) in [4.78, 5) is 0.172. The molecule has 0 aliphatic carbocycles. The molecule has 0 radical (unpaired) electrons. The fraction of sp³-hybridized carbons (Fsp3) is 0.417. The van der Waals surface area contributed by atoms with E-state index in [0.717, 1.165) is 18.5 Å². The van der Waals surface area contributed by atoms with Crippen molar-refractivity contribution in [2.24, 2.45) is 0 Å². The van der Waals surface area contributed by atoms with Gasteiger partial charge in [0.05, 0.1) is 18.7 Å². The molecule has 110 valence electrons. The molecule has 0 aliphatic heterocycles. The summed E-state index contributed by atoms with van der Waals surface area (Å²) < 4.78 is 33.1. The summed E-state index contributed by atoms with van der Waals surface area (Å²) in [6.07, 6.45) is 6.79. The third-order valence-corrected chi connectivity index (χ3v) is 4.14. The second-order valence-corrected chi connectivity index (χ2v) is 6.12. The van der Waals surface area contributed by atoms with Gasteiger partial charge in [-0.2, -0.15) is 5.10 Å². The Morgan fingerprint density at radius 2 is 2.30 bits per heavy atom. The first-order valence-corrected chi connectivity index (χ1v) is 7.78. The molecule has 0 spiro atoms. The molecule has 2 heterocycles. The van der Waals surface area contributed by atoms with Crippen molar-refractivity contribution in [3.63, 3.8) is 0 Å². The molecule has 0 fully saturated rings. The van der Waals surface area contributed by atoms with E-state index in [2.05, 4.69) is 15.1 Å². The van der Waals surface area contributed by atoms with Crippen LogP contribution in [-0.4, -0.2) is 31.8 Å². The topological polar surface area (TPSA) is 89.2 Å². The molecule has 0 atom stereocenters. The highest BCUT2D eigenvalue weighted by atomic mass is 32.2. The number of aromatic nitrogens is 2. The molecule has 2 aromatic heterocycles. The Bertz CT molecular complexity index is 619. The summed E-state index contributed by atoms with van der Waals surface area (Å²) in [6, 6.07) is 1.71. The summed E-state index contributed by atoms with van der Waals surface area (Å²) in [5.74, 6) is 0. The summed E-state index contributed by atoms with van der Waals surface area (Å²) in [5.41, 5.74) is 0.773. The lowest BCUT2D eigenvalue weighted by molar-refractivity contribution is 0.558. The van der Waals surface area contributed by atoms with E-state index in [1.165, 1.54) is 24.9 Å². The molecule has 8 heteroatoms. The number of sulfonamides is 1. The maximum atomic E-state index is 12.1. The number of furan rings is 1. The van der Waals surface area contributed by atoms with Crippen molar-refractivity contribution in [2.45, 2.75) is 24.4 Å². The van der Waals surface area contributed by atoms with Gasteiger partial charge >= 0.3 is 0 Å². The van der Waals surface area contributed by atoms with Crippen LogP contribution in [0.3, 0.4) is 0 Å². The number of nitrogens with one attached hydrogen (secondary N) is 2. The van der Waals surface area contributed by atoms with Crippen molar-refractivity contribution in [1.82, 2.24) is 19.8 Å². The van der Waals surface area contributed by atoms with Crippen LogP contribution in [0, 0.1) is 0 Å². The van der Waals surface area contributed by atoms with Gasteiger partial charge in [-0.3, -0.25) is 4.68 Å². The highest BCUT2D eigenvalue weighted by molar-refractivity contribution is 7.89. The van der Waals surface area contributed by atoms with Gasteiger partial charge < -0.3 is 9.73 Å². The van der Waals surface area contributed by atoms with Crippen LogP contribution in [0.4, 0.5) is 0 Å². The molecule has 0 amide bonds. The lowest BCUT2D eigenvalue weighted by atomic mass is 10.4. The molecular formula is C12H18N4O3S. The zero-order valence-electron chi connectivity index (χ0n) is 11.2. The third-order valence-electron chi connectivity index (χ3n) is 2.78. The van der Waals surface area contributed by atoms with Gasteiger partial charge in [-0.05, 0) is 26.1 Å². The molecule has 2 aromatic rings. The Kier molecular flexibility index (Phi) is 4.94. The zero-order valence-corrected chi connectivity index (χ0v) is 12.1. The van der Waals surface area contributed by atoms with Crippen LogP contribution in [0.1, 0.15) is 12.0 Å². The molecule has 0 aromatic carbocycles. The lowest BCUT2D eigenvalue weighted by Gasteiger charge is -2.03. The van der Waals surface area contributed by atoms with Crippen molar-refractivity contribution in [3.8, 4) is 0 Å². The monoisotopic (exact) mass is 298 g/mol. The first-order valence-electron chi connectivity index (χ1n) is 6.29. The van der Waals surface area contributed by atoms with Crippen LogP contribution in [-0.2, 0) is 23.1 Å². The van der Waals surface area contributed by atoms with Gasteiger partial charge in [0, 0.05) is 24.8 Å². The summed E-state index contributed by atoms with van der Waals surface area (Å²) in [7, 11) is -1.66. The predicted molar refractivity (Wildman–Crippen MR) is 73.5 cm³/mol. The van der Waals surface area contributed by atoms with E-state index in [9.17, 15) is 8.42 Å². The summed E-state index contributed by atoms with van der Waals surface area (Å²) in [5, 5.41) is 7.08. The number of hydrogen-bond donors (Lipinski definition) is 2. The maximum absolute atomic E-state index is 12.1. The van der Waals surface area contributed by atoms with E-state index in [1.54, 1.807) is 10.7 Å². The Morgan fingerprint density at radius 1 is 1.45 bits per heavy atom. The fourth-order valence-electron chi connectivity index (χ4n) is 1.68. The average molecular weight is 298 g/mol. The van der Waals surface area contributed by atoms with Gasteiger partial charge in [0.15, 0.2) is 0 Å². The van der Waals surface area contributed by atoms with Gasteiger partial charge in [-0.1, -0.05) is 0 Å². The minimum absolute atomic E-state index is 0.172. The second-order valence-electron chi connectivity index (χ2n) is 4.35. The molecule has 2 rings (SSSR count). The molecule has 7 nitrogen and oxygen atoms in total. The molecule has 0 saturated carbocycles. The van der Waals surface area contributed by atoms with Crippen molar-refractivity contribution in [3.05, 3.63) is 36.5 Å². The van der Waals surface area contributed by atoms with Gasteiger partial charge in [0.1, 0.15) is 4.90 Å². The zero-order chi connectivity index (χ0) is 14.4. The van der Waals surface area contributed by atoms with E-state index in [4.69, 9.17) is 4.42 Å². The largest absolute Gasteiger partial charge is 0.472 e. The Hall–Kier alpha value is -1.64. The van der Waals surface area contributed by atoms with Crippen LogP contribution in [0.25, 0.3) is 0 Å². The van der Waals surface area contributed by atoms with E-state index >= 15 is 0 Å². The van der Waals surface area contributed by atoms with Crippen molar-refractivity contribution < 1.29 is 12.8 Å². The SMILES string of the molecule is CNCCCn1cc(S(=O)(=O)NCc2ccoc2)cn1. The van der Waals surface area contributed by atoms with Gasteiger partial charge in [-0.15, -0.1) is 0 Å². The van der Waals surface area contributed by atoms with Crippen molar-refractivity contribution in [1.29, 1.82) is 0 Å². The van der Waals surface area contributed by atoms with Crippen molar-refractivity contribution in [2.75, 3.05) is 13.6 Å². The number of hydrogen-bond acceptors (Lipinski definition) is 5. The number of rotatable bonds is 8. The predicted octanol–water partition coefficient (Wildman–Crippen LogP) is 0.564. The number of nitrogens with zero attached hydrogens (tertiary/aromatic N) is 2. The molecule has 0 saturated heterocycles. The van der Waals surface area contributed by atoms with Crippen LogP contribution in [0.5, 0.6) is 0 Å². The summed E-state index contributed by atoms with van der Waals surface area (Å²) >= 11 is 0. The fourth-order valence-corrected chi connectivity index (χ4v) is 2.65. The highest BCUT2D eigenvalue weighted by Gasteiger charge is 2.16. The van der Waals surface area contributed by atoms with Crippen LogP contribution < -0.4 is 10.0 Å². The smallest absolute Gasteiger partial charge is 0.243 e. The Balaban J connectivity index is 1.95.